The predicted octanol–water partition coefficient (Wildman–Crippen LogP) is 5.86. The number of nitrogens with zero attached hydrogens (tertiary/aromatic N) is 3. The number of hydrogen-bond acceptors (Lipinski definition) is 6. The van der Waals surface area contributed by atoms with E-state index in [1.165, 1.54) is 11.1 Å². The van der Waals surface area contributed by atoms with Crippen LogP contribution in [0.15, 0.2) is 64.5 Å². The maximum absolute atomic E-state index is 13.6. The summed E-state index contributed by atoms with van der Waals surface area (Å²) in [7, 11) is 0. The highest BCUT2D eigenvalue weighted by Gasteiger charge is 2.22. The molecule has 0 bridgehead atoms. The van der Waals surface area contributed by atoms with E-state index in [0.717, 1.165) is 46.8 Å². The number of nitrogens with one attached hydrogen (secondary N) is 1. The van der Waals surface area contributed by atoms with E-state index in [1.54, 1.807) is 40.2 Å². The summed E-state index contributed by atoms with van der Waals surface area (Å²) in [5.41, 5.74) is 5.06. The number of phenolic OH excluding ortho intramolecular Hbond substituents is 1. The second-order valence-corrected chi connectivity index (χ2v) is 11.5. The highest BCUT2D eigenvalue weighted by atomic mass is 127. The van der Waals surface area contributed by atoms with Crippen molar-refractivity contribution in [3.8, 4) is 11.4 Å². The first-order valence-corrected chi connectivity index (χ1v) is 14.2. The number of aryl methyl sites for hydroxylation is 3. The second kappa shape index (κ2) is 9.95. The molecule has 6 rings (SSSR count). The van der Waals surface area contributed by atoms with E-state index >= 15 is 0 Å². The Hall–Kier alpha value is -3.57. The summed E-state index contributed by atoms with van der Waals surface area (Å²) in [5.74, 6) is 0.264. The molecule has 1 amide bonds. The van der Waals surface area contributed by atoms with Crippen LogP contribution < -0.4 is 11.0 Å². The average molecular weight is 634 g/mol. The molecule has 1 aliphatic rings. The van der Waals surface area contributed by atoms with Crippen LogP contribution in [0.3, 0.4) is 0 Å². The van der Waals surface area contributed by atoms with Gasteiger partial charge >= 0.3 is 0 Å². The first-order chi connectivity index (χ1) is 18.4. The van der Waals surface area contributed by atoms with Gasteiger partial charge in [-0.1, -0.05) is 30.3 Å². The Morgan fingerprint density at radius 3 is 2.84 bits per heavy atom. The van der Waals surface area contributed by atoms with Gasteiger partial charge in [-0.05, 0) is 95.8 Å². The Morgan fingerprint density at radius 2 is 1.97 bits per heavy atom. The molecule has 2 heterocycles. The van der Waals surface area contributed by atoms with Gasteiger partial charge in [-0.2, -0.15) is 5.10 Å². The molecule has 2 aromatic heterocycles. The Morgan fingerprint density at radius 1 is 1.16 bits per heavy atom. The van der Waals surface area contributed by atoms with Crippen molar-refractivity contribution in [3.63, 3.8) is 0 Å². The number of phenols is 1. The number of aromatic hydroxyl groups is 1. The van der Waals surface area contributed by atoms with Crippen LogP contribution in [0.25, 0.3) is 26.7 Å². The third-order valence-electron chi connectivity index (χ3n) is 6.90. The molecular weight excluding hydrogens is 611 g/mol. The number of benzene rings is 3. The standard InChI is InChI=1S/C29H23IN4O3S/c1-16-32-28-25(21-11-4-5-12-24(21)38-28)29(37)34(16)19-9-6-8-18(13-19)27(36)33-31-15-22-20-10-3-2-7-17(20)14-23(30)26(22)35/h2-3,6-10,13-15,35H,4-5,11-12H2,1H3,(H,33,36)/b31-15+. The minimum atomic E-state index is -0.426. The van der Waals surface area contributed by atoms with Crippen molar-refractivity contribution >= 4 is 67.0 Å². The molecule has 0 atom stereocenters. The SMILES string of the molecule is Cc1nc2sc3c(c2c(=O)n1-c1cccc(C(=O)N/N=C/c2c(O)c(I)cc4ccccc24)c1)CCCC3. The van der Waals surface area contributed by atoms with Gasteiger partial charge in [0.2, 0.25) is 0 Å². The number of thiophene rings is 1. The van der Waals surface area contributed by atoms with Crippen molar-refractivity contribution in [2.75, 3.05) is 0 Å². The van der Waals surface area contributed by atoms with Crippen molar-refractivity contribution in [1.29, 1.82) is 0 Å². The van der Waals surface area contributed by atoms with Crippen LogP contribution in [0.5, 0.6) is 5.75 Å². The van der Waals surface area contributed by atoms with E-state index in [1.807, 2.05) is 37.3 Å². The van der Waals surface area contributed by atoms with Gasteiger partial charge in [0, 0.05) is 16.0 Å². The minimum Gasteiger partial charge on any atom is -0.506 e. The average Bonchev–Trinajstić information content (AvgIpc) is 3.29. The number of carbonyl (C=O) groups is 1. The maximum atomic E-state index is 13.6. The van der Waals surface area contributed by atoms with Crippen molar-refractivity contribution < 1.29 is 9.90 Å². The number of rotatable bonds is 4. The molecule has 190 valence electrons. The summed E-state index contributed by atoms with van der Waals surface area (Å²) in [6.07, 6.45) is 5.58. The molecule has 1 aliphatic carbocycles. The van der Waals surface area contributed by atoms with Gasteiger partial charge in [0.05, 0.1) is 20.9 Å². The van der Waals surface area contributed by atoms with Crippen LogP contribution >= 0.6 is 33.9 Å². The van der Waals surface area contributed by atoms with E-state index in [9.17, 15) is 14.7 Å². The van der Waals surface area contributed by atoms with Crippen molar-refractivity contribution in [2.24, 2.45) is 5.10 Å². The lowest BCUT2D eigenvalue weighted by Gasteiger charge is -2.13. The summed E-state index contributed by atoms with van der Waals surface area (Å²) >= 11 is 3.70. The normalized spacial score (nSPS) is 13.3. The molecule has 0 spiro atoms. The van der Waals surface area contributed by atoms with E-state index in [0.29, 0.717) is 31.6 Å². The van der Waals surface area contributed by atoms with Gasteiger partial charge in [0.1, 0.15) is 16.4 Å². The quantitative estimate of drug-likeness (QED) is 0.147. The number of hydrazone groups is 1. The molecule has 0 saturated carbocycles. The molecule has 5 aromatic rings. The van der Waals surface area contributed by atoms with E-state index in [2.05, 4.69) is 33.1 Å². The third-order valence-corrected chi connectivity index (χ3v) is 8.91. The van der Waals surface area contributed by atoms with Crippen LogP contribution in [0.1, 0.15) is 45.0 Å². The topological polar surface area (TPSA) is 96.6 Å². The molecule has 0 saturated heterocycles. The lowest BCUT2D eigenvalue weighted by atomic mass is 9.97. The molecule has 0 fully saturated rings. The summed E-state index contributed by atoms with van der Waals surface area (Å²) in [4.78, 5) is 33.4. The summed E-state index contributed by atoms with van der Waals surface area (Å²) < 4.78 is 2.28. The summed E-state index contributed by atoms with van der Waals surface area (Å²) in [6.45, 7) is 1.81. The Labute approximate surface area is 236 Å². The Kier molecular flexibility index (Phi) is 6.48. The number of carbonyl (C=O) groups excluding carboxylic acids is 1. The van der Waals surface area contributed by atoms with Crippen molar-refractivity contribution in [1.82, 2.24) is 15.0 Å². The monoisotopic (exact) mass is 634 g/mol. The lowest BCUT2D eigenvalue weighted by molar-refractivity contribution is 0.0955. The highest BCUT2D eigenvalue weighted by molar-refractivity contribution is 14.1. The molecule has 0 aliphatic heterocycles. The van der Waals surface area contributed by atoms with Gasteiger partial charge in [-0.3, -0.25) is 14.2 Å². The van der Waals surface area contributed by atoms with Gasteiger partial charge in [-0.25, -0.2) is 10.4 Å². The van der Waals surface area contributed by atoms with Crippen molar-refractivity contribution in [3.05, 3.63) is 95.9 Å². The van der Waals surface area contributed by atoms with E-state index in [4.69, 9.17) is 4.98 Å². The fraction of sp³-hybridized carbons (Fsp3) is 0.172. The fourth-order valence-electron chi connectivity index (χ4n) is 5.08. The molecule has 0 unspecified atom stereocenters. The van der Waals surface area contributed by atoms with E-state index < -0.39 is 5.91 Å². The highest BCUT2D eigenvalue weighted by Crippen LogP contribution is 2.34. The fourth-order valence-corrected chi connectivity index (χ4v) is 7.00. The predicted molar refractivity (Wildman–Crippen MR) is 160 cm³/mol. The zero-order valence-corrected chi connectivity index (χ0v) is 23.5. The minimum absolute atomic E-state index is 0.0940. The number of aromatic nitrogens is 2. The second-order valence-electron chi connectivity index (χ2n) is 9.28. The first kappa shape index (κ1) is 24.7. The molecule has 9 heteroatoms. The van der Waals surface area contributed by atoms with E-state index in [-0.39, 0.29) is 11.3 Å². The van der Waals surface area contributed by atoms with Gasteiger partial charge in [-0.15, -0.1) is 11.3 Å². The maximum Gasteiger partial charge on any atom is 0.271 e. The van der Waals surface area contributed by atoms with Crippen molar-refractivity contribution in [2.45, 2.75) is 32.6 Å². The molecule has 3 aromatic carbocycles. The van der Waals surface area contributed by atoms with Crippen LogP contribution in [0, 0.1) is 10.5 Å². The number of hydrogen-bond donors (Lipinski definition) is 2. The largest absolute Gasteiger partial charge is 0.506 e. The van der Waals surface area contributed by atoms with Gasteiger partial charge in [0.25, 0.3) is 11.5 Å². The van der Waals surface area contributed by atoms with Gasteiger partial charge < -0.3 is 5.11 Å². The molecule has 0 radical (unpaired) electrons. The molecular formula is C29H23IN4O3S. The van der Waals surface area contributed by atoms with Crippen LogP contribution in [0.2, 0.25) is 0 Å². The Balaban J connectivity index is 1.32. The van der Waals surface area contributed by atoms with Crippen LogP contribution in [0.4, 0.5) is 0 Å². The van der Waals surface area contributed by atoms with Crippen LogP contribution in [-0.2, 0) is 12.8 Å². The zero-order valence-electron chi connectivity index (χ0n) is 20.5. The number of amides is 1. The Bertz CT molecular complexity index is 1840. The number of halogens is 1. The molecule has 2 N–H and O–H groups in total. The third kappa shape index (κ3) is 4.29. The summed E-state index contributed by atoms with van der Waals surface area (Å²) in [5, 5.41) is 17.2. The smallest absolute Gasteiger partial charge is 0.271 e. The lowest BCUT2D eigenvalue weighted by Crippen LogP contribution is -2.23. The molecule has 38 heavy (non-hydrogen) atoms. The zero-order chi connectivity index (χ0) is 26.4. The van der Waals surface area contributed by atoms with Crippen LogP contribution in [-0.4, -0.2) is 26.8 Å². The molecule has 7 nitrogen and oxygen atoms in total. The summed E-state index contributed by atoms with van der Waals surface area (Å²) in [6, 6.07) is 16.5. The first-order valence-electron chi connectivity index (χ1n) is 12.3. The number of fused-ring (bicyclic) bond motifs is 4. The van der Waals surface area contributed by atoms with Gasteiger partial charge in [0.15, 0.2) is 0 Å².